The molecule has 0 amide bonds. The predicted molar refractivity (Wildman–Crippen MR) is 119 cm³/mol. The maximum atomic E-state index is 13.4. The van der Waals surface area contributed by atoms with Crippen molar-refractivity contribution in [2.45, 2.75) is 13.8 Å². The third-order valence-corrected chi connectivity index (χ3v) is 4.79. The second kappa shape index (κ2) is 8.19. The van der Waals surface area contributed by atoms with E-state index in [0.29, 0.717) is 28.5 Å². The Kier molecular flexibility index (Phi) is 5.28. The van der Waals surface area contributed by atoms with Crippen molar-refractivity contribution in [2.24, 2.45) is 4.99 Å². The molecule has 0 aliphatic carbocycles. The van der Waals surface area contributed by atoms with Crippen LogP contribution in [0.15, 0.2) is 82.6 Å². The monoisotopic (exact) mass is 413 g/mol. The van der Waals surface area contributed by atoms with Crippen molar-refractivity contribution in [1.29, 1.82) is 0 Å². The minimum atomic E-state index is -0.478. The zero-order valence-electron chi connectivity index (χ0n) is 16.9. The van der Waals surface area contributed by atoms with Gasteiger partial charge in [0.25, 0.3) is 11.2 Å². The highest BCUT2D eigenvalue weighted by molar-refractivity contribution is 6.04. The van der Waals surface area contributed by atoms with Gasteiger partial charge in [-0.3, -0.25) is 20.0 Å². The van der Waals surface area contributed by atoms with Crippen molar-refractivity contribution in [3.8, 4) is 16.9 Å². The molecule has 31 heavy (non-hydrogen) atoms. The molecule has 0 saturated carbocycles. The quantitative estimate of drug-likeness (QED) is 0.293. The van der Waals surface area contributed by atoms with Gasteiger partial charge in [0.15, 0.2) is 5.82 Å². The Morgan fingerprint density at radius 3 is 2.39 bits per heavy atom. The maximum absolute atomic E-state index is 13.4. The van der Waals surface area contributed by atoms with Crippen LogP contribution in [0.3, 0.4) is 0 Å². The van der Waals surface area contributed by atoms with Gasteiger partial charge >= 0.3 is 0 Å². The van der Waals surface area contributed by atoms with Gasteiger partial charge in [-0.15, -0.1) is 0 Å². The number of nitrogens with one attached hydrogen (secondary N) is 1. The number of H-pyrrole nitrogens is 1. The fourth-order valence-corrected chi connectivity index (χ4v) is 3.31. The molecule has 0 saturated heterocycles. The van der Waals surface area contributed by atoms with Crippen LogP contribution in [0.5, 0.6) is 0 Å². The molecule has 2 aromatic carbocycles. The van der Waals surface area contributed by atoms with E-state index in [1.807, 2.05) is 49.4 Å². The zero-order chi connectivity index (χ0) is 22.0. The summed E-state index contributed by atoms with van der Waals surface area (Å²) in [7, 11) is 0. The fourth-order valence-electron chi connectivity index (χ4n) is 3.31. The summed E-state index contributed by atoms with van der Waals surface area (Å²) in [5.74, 6) is 0.513. The SMILES string of the molecule is CC(=Nc1cccc(C)n1)c1c(-c2ccccc2)[nH]n(-c2ccc([N+](=O)[O-])cc2)c1=O. The molecular formula is C23H19N5O3. The number of nitro benzene ring substituents is 1. The van der Waals surface area contributed by atoms with Gasteiger partial charge in [0, 0.05) is 23.4 Å². The van der Waals surface area contributed by atoms with Crippen molar-refractivity contribution in [1.82, 2.24) is 14.8 Å². The summed E-state index contributed by atoms with van der Waals surface area (Å²) < 4.78 is 1.37. The van der Waals surface area contributed by atoms with Crippen LogP contribution in [0.1, 0.15) is 18.2 Å². The normalized spacial score (nSPS) is 11.5. The van der Waals surface area contributed by atoms with Gasteiger partial charge < -0.3 is 0 Å². The molecule has 154 valence electrons. The third-order valence-electron chi connectivity index (χ3n) is 4.79. The molecule has 8 heteroatoms. The highest BCUT2D eigenvalue weighted by atomic mass is 16.6. The number of aromatic nitrogens is 3. The van der Waals surface area contributed by atoms with E-state index >= 15 is 0 Å². The van der Waals surface area contributed by atoms with Crippen LogP contribution in [0.2, 0.25) is 0 Å². The van der Waals surface area contributed by atoms with Crippen molar-refractivity contribution in [3.63, 3.8) is 0 Å². The molecule has 8 nitrogen and oxygen atoms in total. The van der Waals surface area contributed by atoms with Gasteiger partial charge in [-0.25, -0.2) is 14.7 Å². The van der Waals surface area contributed by atoms with E-state index in [4.69, 9.17) is 0 Å². The van der Waals surface area contributed by atoms with Crippen molar-refractivity contribution >= 4 is 17.2 Å². The van der Waals surface area contributed by atoms with E-state index in [1.165, 1.54) is 28.9 Å². The molecule has 4 aromatic rings. The number of aryl methyl sites for hydroxylation is 1. The molecule has 0 radical (unpaired) electrons. The lowest BCUT2D eigenvalue weighted by Crippen LogP contribution is -2.19. The van der Waals surface area contributed by atoms with Crippen LogP contribution in [0.25, 0.3) is 16.9 Å². The number of non-ortho nitro benzene ring substituents is 1. The Bertz CT molecular complexity index is 1340. The fraction of sp³-hybridized carbons (Fsp3) is 0.0870. The lowest BCUT2D eigenvalue weighted by Gasteiger charge is -2.03. The molecule has 0 atom stereocenters. The first-order valence-electron chi connectivity index (χ1n) is 9.58. The molecule has 1 N–H and O–H groups in total. The van der Waals surface area contributed by atoms with Crippen LogP contribution in [-0.4, -0.2) is 25.4 Å². The number of rotatable bonds is 5. The van der Waals surface area contributed by atoms with E-state index in [-0.39, 0.29) is 11.2 Å². The molecule has 4 rings (SSSR count). The molecule has 0 spiro atoms. The van der Waals surface area contributed by atoms with E-state index in [2.05, 4.69) is 15.1 Å². The van der Waals surface area contributed by atoms with Crippen molar-refractivity contribution in [3.05, 3.63) is 105 Å². The summed E-state index contributed by atoms with van der Waals surface area (Å²) in [5, 5.41) is 14.1. The molecule has 0 bridgehead atoms. The summed E-state index contributed by atoms with van der Waals surface area (Å²) in [6.07, 6.45) is 0. The van der Waals surface area contributed by atoms with Gasteiger partial charge in [0.2, 0.25) is 0 Å². The van der Waals surface area contributed by atoms with E-state index in [0.717, 1.165) is 11.3 Å². The number of hydrogen-bond acceptors (Lipinski definition) is 5. The van der Waals surface area contributed by atoms with Crippen LogP contribution in [0, 0.1) is 17.0 Å². The van der Waals surface area contributed by atoms with Gasteiger partial charge in [0.1, 0.15) is 0 Å². The first-order chi connectivity index (χ1) is 14.9. The van der Waals surface area contributed by atoms with E-state index < -0.39 is 4.92 Å². The lowest BCUT2D eigenvalue weighted by molar-refractivity contribution is -0.384. The molecule has 0 aliphatic heterocycles. The first-order valence-corrected chi connectivity index (χ1v) is 9.58. The number of nitro groups is 1. The van der Waals surface area contributed by atoms with Crippen molar-refractivity contribution < 1.29 is 4.92 Å². The average Bonchev–Trinajstić information content (AvgIpc) is 3.11. The average molecular weight is 413 g/mol. The molecule has 0 fully saturated rings. The van der Waals surface area contributed by atoms with Gasteiger partial charge in [-0.05, 0) is 38.1 Å². The standard InChI is InChI=1S/C23H19N5O3/c1-15-7-6-10-20(24-15)25-16(2)21-22(17-8-4-3-5-9-17)26-27(23(21)29)18-11-13-19(14-12-18)28(30)31/h3-14,26H,1-2H3. The smallest absolute Gasteiger partial charge is 0.280 e. The Morgan fingerprint density at radius 2 is 1.74 bits per heavy atom. The number of aliphatic imine (C=N–C) groups is 1. The number of pyridine rings is 1. The van der Waals surface area contributed by atoms with Gasteiger partial charge in [-0.2, -0.15) is 0 Å². The molecule has 2 aromatic heterocycles. The summed E-state index contributed by atoms with van der Waals surface area (Å²) in [6, 6.07) is 20.8. The summed E-state index contributed by atoms with van der Waals surface area (Å²) in [6.45, 7) is 3.64. The molecule has 0 aliphatic rings. The predicted octanol–water partition coefficient (Wildman–Crippen LogP) is 4.58. The Hall–Kier alpha value is -4.33. The zero-order valence-corrected chi connectivity index (χ0v) is 16.9. The molecule has 2 heterocycles. The molecule has 0 unspecified atom stereocenters. The minimum Gasteiger partial charge on any atom is -0.290 e. The van der Waals surface area contributed by atoms with Crippen molar-refractivity contribution in [2.75, 3.05) is 0 Å². The van der Waals surface area contributed by atoms with E-state index in [1.54, 1.807) is 13.0 Å². The third kappa shape index (κ3) is 4.04. The Balaban J connectivity index is 1.89. The minimum absolute atomic E-state index is 0.0462. The second-order valence-corrected chi connectivity index (χ2v) is 6.98. The summed E-state index contributed by atoms with van der Waals surface area (Å²) >= 11 is 0. The van der Waals surface area contributed by atoms with Crippen LogP contribution >= 0.6 is 0 Å². The largest absolute Gasteiger partial charge is 0.290 e. The van der Waals surface area contributed by atoms with Crippen LogP contribution < -0.4 is 5.56 Å². The van der Waals surface area contributed by atoms with E-state index in [9.17, 15) is 14.9 Å². The first kappa shape index (κ1) is 20.0. The van der Waals surface area contributed by atoms with Gasteiger partial charge in [0.05, 0.1) is 27.6 Å². The maximum Gasteiger partial charge on any atom is 0.280 e. The Morgan fingerprint density at radius 1 is 1.03 bits per heavy atom. The summed E-state index contributed by atoms with van der Waals surface area (Å²) in [4.78, 5) is 32.8. The topological polar surface area (TPSA) is 106 Å². The summed E-state index contributed by atoms with van der Waals surface area (Å²) in [5.41, 5.74) is 3.32. The number of nitrogens with zero attached hydrogens (tertiary/aromatic N) is 4. The number of benzene rings is 2. The molecular weight excluding hydrogens is 394 g/mol. The van der Waals surface area contributed by atoms with Crippen LogP contribution in [-0.2, 0) is 0 Å². The number of aromatic amines is 1. The highest BCUT2D eigenvalue weighted by Gasteiger charge is 2.20. The highest BCUT2D eigenvalue weighted by Crippen LogP contribution is 2.23. The van der Waals surface area contributed by atoms with Crippen LogP contribution in [0.4, 0.5) is 11.5 Å². The number of hydrogen-bond donors (Lipinski definition) is 1. The second-order valence-electron chi connectivity index (χ2n) is 6.98. The van der Waals surface area contributed by atoms with Gasteiger partial charge in [-0.1, -0.05) is 36.4 Å². The Labute approximate surface area is 177 Å². The lowest BCUT2D eigenvalue weighted by atomic mass is 10.1.